The molecule has 3 nitrogen and oxygen atoms in total. The highest BCUT2D eigenvalue weighted by atomic mass is 19.4. The zero-order chi connectivity index (χ0) is 16.6. The van der Waals surface area contributed by atoms with Crippen molar-refractivity contribution in [3.63, 3.8) is 0 Å². The van der Waals surface area contributed by atoms with Crippen LogP contribution in [0.3, 0.4) is 0 Å². The van der Waals surface area contributed by atoms with Gasteiger partial charge in [-0.1, -0.05) is 19.1 Å². The Kier molecular flexibility index (Phi) is 6.95. The monoisotopic (exact) mass is 316 g/mol. The largest absolute Gasteiger partial charge is 0.573 e. The molecule has 0 spiro atoms. The lowest BCUT2D eigenvalue weighted by molar-refractivity contribution is -0.274. The zero-order valence-electron chi connectivity index (χ0n) is 12.5. The molecular formula is C16H19F3O3. The second kappa shape index (κ2) is 8.46. The maximum Gasteiger partial charge on any atom is 0.573 e. The van der Waals surface area contributed by atoms with E-state index in [1.165, 1.54) is 12.1 Å². The van der Waals surface area contributed by atoms with E-state index >= 15 is 0 Å². The molecule has 1 atom stereocenters. The van der Waals surface area contributed by atoms with Crippen LogP contribution in [0.1, 0.15) is 37.0 Å². The zero-order valence-corrected chi connectivity index (χ0v) is 12.5. The van der Waals surface area contributed by atoms with Crippen molar-refractivity contribution in [1.82, 2.24) is 0 Å². The second-order valence-electron chi connectivity index (χ2n) is 4.92. The molecule has 0 saturated heterocycles. The average molecular weight is 316 g/mol. The third-order valence-electron chi connectivity index (χ3n) is 2.88. The molecule has 0 N–H and O–H groups in total. The minimum absolute atomic E-state index is 0.190. The van der Waals surface area contributed by atoms with Crippen molar-refractivity contribution in [3.8, 4) is 5.75 Å². The number of hydrogen-bond donors (Lipinski definition) is 0. The van der Waals surface area contributed by atoms with Crippen molar-refractivity contribution in [1.29, 1.82) is 0 Å². The van der Waals surface area contributed by atoms with Crippen LogP contribution >= 0.6 is 0 Å². The van der Waals surface area contributed by atoms with Crippen LogP contribution in [0, 0.1) is 5.92 Å². The number of alkyl halides is 3. The van der Waals surface area contributed by atoms with Gasteiger partial charge in [0.15, 0.2) is 0 Å². The Bertz CT molecular complexity index is 492. The van der Waals surface area contributed by atoms with E-state index in [2.05, 4.69) is 4.74 Å². The predicted molar refractivity (Wildman–Crippen MR) is 76.6 cm³/mol. The summed E-state index contributed by atoms with van der Waals surface area (Å²) in [6.07, 6.45) is 1.07. The van der Waals surface area contributed by atoms with Gasteiger partial charge >= 0.3 is 12.3 Å². The minimum atomic E-state index is -4.75. The molecule has 1 rings (SSSR count). The molecule has 0 saturated carbocycles. The number of benzene rings is 1. The number of rotatable bonds is 7. The Hall–Kier alpha value is -1.98. The van der Waals surface area contributed by atoms with Crippen LogP contribution < -0.4 is 4.74 Å². The molecule has 22 heavy (non-hydrogen) atoms. The summed E-state index contributed by atoms with van der Waals surface area (Å²) in [6.45, 7) is 4.19. The van der Waals surface area contributed by atoms with Crippen LogP contribution in [0.2, 0.25) is 0 Å². The number of carbonyl (C=O) groups excluding carboxylic acids is 1. The number of allylic oxidation sites excluding steroid dienone is 2. The van der Waals surface area contributed by atoms with Gasteiger partial charge in [0.2, 0.25) is 0 Å². The number of halogens is 3. The summed E-state index contributed by atoms with van der Waals surface area (Å²) in [6, 6.07) is 4.65. The van der Waals surface area contributed by atoms with Crippen molar-refractivity contribution in [3.05, 3.63) is 42.0 Å². The van der Waals surface area contributed by atoms with Gasteiger partial charge < -0.3 is 9.47 Å². The third-order valence-corrected chi connectivity index (χ3v) is 2.88. The first kappa shape index (κ1) is 18.1. The van der Waals surface area contributed by atoms with Crippen LogP contribution in [0.5, 0.6) is 5.75 Å². The summed E-state index contributed by atoms with van der Waals surface area (Å²) in [7, 11) is 0. The van der Waals surface area contributed by atoms with Crippen molar-refractivity contribution >= 4 is 5.97 Å². The molecule has 0 aliphatic rings. The van der Waals surface area contributed by atoms with Crippen LogP contribution in [-0.2, 0) is 4.74 Å². The number of ether oxygens (including phenoxy) is 2. The smallest absolute Gasteiger partial charge is 0.462 e. The molecule has 0 fully saturated rings. The Labute approximate surface area is 127 Å². The highest BCUT2D eigenvalue weighted by molar-refractivity contribution is 5.89. The SMILES string of the molecule is CC=CCCC(C)COC(=O)c1ccc(OC(F)(F)F)cc1. The van der Waals surface area contributed by atoms with E-state index in [9.17, 15) is 18.0 Å². The van der Waals surface area contributed by atoms with E-state index in [4.69, 9.17) is 4.74 Å². The Morgan fingerprint density at radius 2 is 1.91 bits per heavy atom. The van der Waals surface area contributed by atoms with E-state index in [0.29, 0.717) is 0 Å². The number of esters is 1. The average Bonchev–Trinajstić information content (AvgIpc) is 2.44. The fraction of sp³-hybridized carbons (Fsp3) is 0.438. The summed E-state index contributed by atoms with van der Waals surface area (Å²) in [5.41, 5.74) is 0.190. The maximum absolute atomic E-state index is 12.0. The molecule has 122 valence electrons. The van der Waals surface area contributed by atoms with Gasteiger partial charge in [-0.05, 0) is 49.9 Å². The molecule has 6 heteroatoms. The van der Waals surface area contributed by atoms with Crippen molar-refractivity contribution in [2.24, 2.45) is 5.92 Å². The van der Waals surface area contributed by atoms with Crippen LogP contribution in [0.15, 0.2) is 36.4 Å². The highest BCUT2D eigenvalue weighted by Gasteiger charge is 2.31. The summed E-state index contributed by atoms with van der Waals surface area (Å²) < 4.78 is 44.9. The van der Waals surface area contributed by atoms with Gasteiger partial charge in [-0.15, -0.1) is 13.2 Å². The van der Waals surface area contributed by atoms with E-state index in [1.807, 2.05) is 26.0 Å². The molecule has 0 aromatic heterocycles. The van der Waals surface area contributed by atoms with Crippen LogP contribution in [0.25, 0.3) is 0 Å². The van der Waals surface area contributed by atoms with E-state index in [0.717, 1.165) is 25.0 Å². The molecular weight excluding hydrogens is 297 g/mol. The summed E-state index contributed by atoms with van der Waals surface area (Å²) in [5, 5.41) is 0. The molecule has 0 radical (unpaired) electrons. The van der Waals surface area contributed by atoms with Crippen molar-refractivity contribution in [2.45, 2.75) is 33.1 Å². The van der Waals surface area contributed by atoms with Crippen molar-refractivity contribution in [2.75, 3.05) is 6.61 Å². The van der Waals surface area contributed by atoms with Crippen LogP contribution in [0.4, 0.5) is 13.2 Å². The summed E-state index contributed by atoms with van der Waals surface area (Å²) in [5.74, 6) is -0.715. The van der Waals surface area contributed by atoms with Gasteiger partial charge in [0.1, 0.15) is 5.75 Å². The quantitative estimate of drug-likeness (QED) is 0.538. The standard InChI is InChI=1S/C16H19F3O3/c1-3-4-5-6-12(2)11-21-15(20)13-7-9-14(10-8-13)22-16(17,18)19/h3-4,7-10,12H,5-6,11H2,1-2H3. The number of carbonyl (C=O) groups is 1. The molecule has 0 amide bonds. The first-order valence-electron chi connectivity index (χ1n) is 6.96. The van der Waals surface area contributed by atoms with E-state index in [-0.39, 0.29) is 23.8 Å². The lowest BCUT2D eigenvalue weighted by atomic mass is 10.1. The summed E-state index contributed by atoms with van der Waals surface area (Å²) in [4.78, 5) is 11.8. The van der Waals surface area contributed by atoms with E-state index < -0.39 is 12.3 Å². The predicted octanol–water partition coefficient (Wildman–Crippen LogP) is 4.73. The molecule has 0 bridgehead atoms. The first-order valence-corrected chi connectivity index (χ1v) is 6.96. The van der Waals surface area contributed by atoms with Crippen molar-refractivity contribution < 1.29 is 27.4 Å². The van der Waals surface area contributed by atoms with Gasteiger partial charge in [0, 0.05) is 0 Å². The Morgan fingerprint density at radius 1 is 1.27 bits per heavy atom. The van der Waals surface area contributed by atoms with Gasteiger partial charge in [-0.25, -0.2) is 4.79 Å². The third kappa shape index (κ3) is 7.15. The Morgan fingerprint density at radius 3 is 2.45 bits per heavy atom. The highest BCUT2D eigenvalue weighted by Crippen LogP contribution is 2.23. The molecule has 1 aromatic carbocycles. The first-order chi connectivity index (χ1) is 10.3. The lowest BCUT2D eigenvalue weighted by Crippen LogP contribution is -2.17. The molecule has 0 heterocycles. The minimum Gasteiger partial charge on any atom is -0.462 e. The Balaban J connectivity index is 2.45. The molecule has 1 unspecified atom stereocenters. The molecule has 0 aliphatic heterocycles. The molecule has 0 aliphatic carbocycles. The number of hydrogen-bond acceptors (Lipinski definition) is 3. The topological polar surface area (TPSA) is 35.5 Å². The van der Waals surface area contributed by atoms with Gasteiger partial charge in [0.05, 0.1) is 12.2 Å². The molecule has 1 aromatic rings. The van der Waals surface area contributed by atoms with Gasteiger partial charge in [-0.2, -0.15) is 0 Å². The van der Waals surface area contributed by atoms with Gasteiger partial charge in [-0.3, -0.25) is 0 Å². The van der Waals surface area contributed by atoms with E-state index in [1.54, 1.807) is 0 Å². The van der Waals surface area contributed by atoms with Gasteiger partial charge in [0.25, 0.3) is 0 Å². The fourth-order valence-corrected chi connectivity index (χ4v) is 1.72. The second-order valence-corrected chi connectivity index (χ2v) is 4.92. The maximum atomic E-state index is 12.0. The lowest BCUT2D eigenvalue weighted by Gasteiger charge is -2.12. The fourth-order valence-electron chi connectivity index (χ4n) is 1.72. The van der Waals surface area contributed by atoms with Crippen LogP contribution in [-0.4, -0.2) is 18.9 Å². The summed E-state index contributed by atoms with van der Waals surface area (Å²) >= 11 is 0. The normalized spacial score (nSPS) is 13.1.